The Morgan fingerprint density at radius 2 is 1.79 bits per heavy atom. The number of halogens is 3. The van der Waals surface area contributed by atoms with Gasteiger partial charge in [-0.15, -0.1) is 0 Å². The number of hydrogen-bond acceptors (Lipinski definition) is 2. The Kier molecular flexibility index (Phi) is 4.93. The van der Waals surface area contributed by atoms with Crippen LogP contribution in [0.1, 0.15) is 10.4 Å². The summed E-state index contributed by atoms with van der Waals surface area (Å²) < 4.78 is 44.9. The summed E-state index contributed by atoms with van der Waals surface area (Å²) in [5.41, 5.74) is 1.16. The second kappa shape index (κ2) is 6.81. The molecule has 6 heteroatoms. The molecule has 2 aromatic carbocycles. The molecule has 2 radical (unpaired) electrons. The predicted molar refractivity (Wildman–Crippen MR) is 93.1 cm³/mol. The molecule has 0 unspecified atom stereocenters. The summed E-state index contributed by atoms with van der Waals surface area (Å²) in [7, 11) is 0. The third-order valence-electron chi connectivity index (χ3n) is 3.70. The van der Waals surface area contributed by atoms with Gasteiger partial charge in [0.1, 0.15) is 0 Å². The Bertz CT molecular complexity index is 853. The number of thiophene rings is 1. The van der Waals surface area contributed by atoms with Crippen LogP contribution in [-0.2, 0) is 6.18 Å². The minimum atomic E-state index is -4.31. The molecule has 0 amide bonds. The monoisotopic (exact) mass is 410 g/mol. The van der Waals surface area contributed by atoms with E-state index in [0.717, 1.165) is 49.2 Å². The van der Waals surface area contributed by atoms with E-state index in [1.54, 1.807) is 11.3 Å². The molecule has 1 aromatic heterocycles. The molecule has 1 heterocycles. The maximum atomic E-state index is 12.7. The van der Waals surface area contributed by atoms with Gasteiger partial charge in [-0.2, -0.15) is 13.2 Å². The molecule has 3 aromatic rings. The van der Waals surface area contributed by atoms with Crippen LogP contribution in [0.4, 0.5) is 13.2 Å². The van der Waals surface area contributed by atoms with E-state index >= 15 is 0 Å². The van der Waals surface area contributed by atoms with E-state index in [1.165, 1.54) is 12.1 Å². The number of benzene rings is 2. The summed E-state index contributed by atoms with van der Waals surface area (Å²) in [5, 5.41) is 1.92. The molecule has 0 N–H and O–H groups in total. The number of ether oxygens (including phenoxy) is 1. The van der Waals surface area contributed by atoms with Crippen molar-refractivity contribution in [2.45, 2.75) is 18.3 Å². The normalized spacial score (nSPS) is 11.9. The molecule has 0 aliphatic carbocycles. The molecule has 0 aliphatic rings. The molecule has 1 nitrogen and oxygen atoms in total. The van der Waals surface area contributed by atoms with Crippen molar-refractivity contribution in [2.75, 3.05) is 6.61 Å². The van der Waals surface area contributed by atoms with Gasteiger partial charge in [0.2, 0.25) is 0 Å². The molecule has 0 atom stereocenters. The molecule has 24 heavy (non-hydrogen) atoms. The van der Waals surface area contributed by atoms with E-state index in [2.05, 4.69) is 16.9 Å². The van der Waals surface area contributed by atoms with Gasteiger partial charge in [0, 0.05) is 0 Å². The second-order valence-corrected chi connectivity index (χ2v) is 7.53. The van der Waals surface area contributed by atoms with Gasteiger partial charge in [0.05, 0.1) is 0 Å². The van der Waals surface area contributed by atoms with Crippen LogP contribution in [0.2, 0.25) is 5.21 Å². The van der Waals surface area contributed by atoms with E-state index in [4.69, 9.17) is 4.74 Å². The number of aryl methyl sites for hydroxylation is 1. The molecule has 124 valence electrons. The second-order valence-electron chi connectivity index (χ2n) is 5.34. The first-order chi connectivity index (χ1) is 11.4. The molecular weight excluding hydrogens is 396 g/mol. The Balaban J connectivity index is 2.01. The van der Waals surface area contributed by atoms with Gasteiger partial charge in [-0.1, -0.05) is 0 Å². The fraction of sp³-hybridized carbons (Fsp3) is 0.222. The Hall–Kier alpha value is -1.45. The van der Waals surface area contributed by atoms with E-state index in [0.29, 0.717) is 6.61 Å². The fourth-order valence-corrected chi connectivity index (χ4v) is 3.94. The Morgan fingerprint density at radius 3 is 2.42 bits per heavy atom. The van der Waals surface area contributed by atoms with Gasteiger partial charge < -0.3 is 0 Å². The molecule has 0 spiro atoms. The van der Waals surface area contributed by atoms with Gasteiger partial charge in [-0.3, -0.25) is 0 Å². The van der Waals surface area contributed by atoms with Crippen LogP contribution >= 0.6 is 11.3 Å². The molecule has 0 saturated carbocycles. The quantitative estimate of drug-likeness (QED) is 0.490. The van der Waals surface area contributed by atoms with Crippen LogP contribution in [0.25, 0.3) is 21.2 Å². The van der Waals surface area contributed by atoms with E-state index in [9.17, 15) is 13.2 Å². The molecule has 0 aliphatic heterocycles. The zero-order valence-corrected chi connectivity index (χ0v) is 15.5. The third-order valence-corrected chi connectivity index (χ3v) is 5.15. The van der Waals surface area contributed by atoms with Crippen molar-refractivity contribution in [1.82, 2.24) is 0 Å². The van der Waals surface area contributed by atoms with Crippen LogP contribution < -0.4 is 4.74 Å². The summed E-state index contributed by atoms with van der Waals surface area (Å²) >= 11 is 4.10. The number of alkyl halides is 3. The number of hydrogen-bond donors (Lipinski definition) is 0. The van der Waals surface area contributed by atoms with Crippen LogP contribution in [0.3, 0.4) is 0 Å². The first-order valence-corrected chi connectivity index (χ1v) is 9.49. The van der Waals surface area contributed by atoms with Gasteiger partial charge in [0.15, 0.2) is 0 Å². The fourth-order valence-electron chi connectivity index (χ4n) is 2.64. The molecule has 3 rings (SSSR count). The van der Waals surface area contributed by atoms with Gasteiger partial charge in [-0.25, -0.2) is 0 Å². The molecule has 0 fully saturated rings. The Labute approximate surface area is 151 Å². The minimum absolute atomic E-state index is 0.628. The van der Waals surface area contributed by atoms with Crippen molar-refractivity contribution in [3.05, 3.63) is 52.9 Å². The van der Waals surface area contributed by atoms with Gasteiger partial charge in [-0.05, 0) is 0 Å². The van der Waals surface area contributed by atoms with Crippen molar-refractivity contribution >= 4 is 38.3 Å². The van der Waals surface area contributed by atoms with Crippen LogP contribution in [-0.4, -0.2) is 23.5 Å². The van der Waals surface area contributed by atoms with Crippen molar-refractivity contribution in [3.8, 4) is 16.9 Å². The average molecular weight is 410 g/mol. The van der Waals surface area contributed by atoms with Crippen LogP contribution in [0, 0.1) is 6.92 Å². The molecular formula is C18H14AsF3OS. The van der Waals surface area contributed by atoms with Crippen molar-refractivity contribution in [2.24, 2.45) is 0 Å². The van der Waals surface area contributed by atoms with E-state index in [1.807, 2.05) is 25.1 Å². The summed E-state index contributed by atoms with van der Waals surface area (Å²) in [4.78, 5) is 1.08. The van der Waals surface area contributed by atoms with Crippen LogP contribution in [0.15, 0.2) is 42.5 Å². The Morgan fingerprint density at radius 1 is 1.08 bits per heavy atom. The zero-order chi connectivity index (χ0) is 17.3. The standard InChI is InChI=1S/C18H14AsF3OS/c1-11-17(12-2-4-13(5-3-12)18(20,21)22)15-7-6-14(23-9-8-19)10-16(15)24-11/h2-7,10H,8-9H2,1H3. The van der Waals surface area contributed by atoms with Gasteiger partial charge in [0.25, 0.3) is 0 Å². The number of rotatable bonds is 4. The maximum absolute atomic E-state index is 12.7. The van der Waals surface area contributed by atoms with E-state index < -0.39 is 11.7 Å². The first kappa shape index (κ1) is 17.4. The van der Waals surface area contributed by atoms with Crippen LogP contribution in [0.5, 0.6) is 5.75 Å². The zero-order valence-electron chi connectivity index (χ0n) is 12.9. The summed E-state index contributed by atoms with van der Waals surface area (Å²) in [6.07, 6.45) is -4.31. The molecule has 0 bridgehead atoms. The third kappa shape index (κ3) is 3.47. The SMILES string of the molecule is Cc1sc2cc(OCC[As])ccc2c1-c1ccc(C(F)(F)F)cc1. The topological polar surface area (TPSA) is 9.23 Å². The van der Waals surface area contributed by atoms with Crippen molar-refractivity contribution in [1.29, 1.82) is 0 Å². The number of fused-ring (bicyclic) bond motifs is 1. The van der Waals surface area contributed by atoms with Crippen molar-refractivity contribution < 1.29 is 17.9 Å². The van der Waals surface area contributed by atoms with Crippen molar-refractivity contribution in [3.63, 3.8) is 0 Å². The average Bonchev–Trinajstić information content (AvgIpc) is 2.87. The first-order valence-electron chi connectivity index (χ1n) is 7.34. The van der Waals surface area contributed by atoms with E-state index in [-0.39, 0.29) is 0 Å². The van der Waals surface area contributed by atoms with Gasteiger partial charge >= 0.3 is 138 Å². The molecule has 0 saturated heterocycles. The summed E-state index contributed by atoms with van der Waals surface area (Å²) in [6, 6.07) is 11.2. The summed E-state index contributed by atoms with van der Waals surface area (Å²) in [5.74, 6) is 0.814. The summed E-state index contributed by atoms with van der Waals surface area (Å²) in [6.45, 7) is 2.63. The predicted octanol–water partition coefficient (Wildman–Crippen LogP) is 5.86.